The Morgan fingerprint density at radius 3 is 2.89 bits per heavy atom. The predicted octanol–water partition coefficient (Wildman–Crippen LogP) is 3.90. The normalized spacial score (nSPS) is 16.4. The highest BCUT2D eigenvalue weighted by molar-refractivity contribution is 9.10. The van der Waals surface area contributed by atoms with E-state index < -0.39 is 5.82 Å². The smallest absolute Gasteiger partial charge is 0.252 e. The van der Waals surface area contributed by atoms with Gasteiger partial charge in [0.05, 0.1) is 10.0 Å². The van der Waals surface area contributed by atoms with Gasteiger partial charge in [0.2, 0.25) is 0 Å². The van der Waals surface area contributed by atoms with E-state index in [1.165, 1.54) is 18.9 Å². The van der Waals surface area contributed by atoms with Crippen LogP contribution in [-0.2, 0) is 0 Å². The molecule has 1 unspecified atom stereocenters. The van der Waals surface area contributed by atoms with E-state index in [0.29, 0.717) is 5.56 Å². The summed E-state index contributed by atoms with van der Waals surface area (Å²) in [6.07, 6.45) is 4.50. The molecule has 0 saturated heterocycles. The molecule has 1 aromatic carbocycles. The zero-order valence-corrected chi connectivity index (χ0v) is 12.0. The molecule has 4 heteroatoms. The summed E-state index contributed by atoms with van der Waals surface area (Å²) >= 11 is 3.12. The zero-order valence-electron chi connectivity index (χ0n) is 10.4. The quantitative estimate of drug-likeness (QED) is 0.877. The summed E-state index contributed by atoms with van der Waals surface area (Å²) in [5, 5.41) is 2.99. The lowest BCUT2D eigenvalue weighted by Gasteiger charge is -2.17. The fourth-order valence-electron chi connectivity index (χ4n) is 2.03. The van der Waals surface area contributed by atoms with Crippen molar-refractivity contribution in [2.45, 2.75) is 38.6 Å². The predicted molar refractivity (Wildman–Crippen MR) is 73.0 cm³/mol. The van der Waals surface area contributed by atoms with Crippen molar-refractivity contribution in [1.82, 2.24) is 5.32 Å². The Bertz CT molecular complexity index is 445. The van der Waals surface area contributed by atoms with Crippen LogP contribution in [0, 0.1) is 11.7 Å². The molecule has 1 fully saturated rings. The molecule has 98 valence electrons. The first-order valence-electron chi connectivity index (χ1n) is 6.36. The first-order valence-corrected chi connectivity index (χ1v) is 7.16. The van der Waals surface area contributed by atoms with Crippen LogP contribution in [0.25, 0.3) is 0 Å². The first kappa shape index (κ1) is 13.5. The van der Waals surface area contributed by atoms with Crippen molar-refractivity contribution in [3.8, 4) is 0 Å². The summed E-state index contributed by atoms with van der Waals surface area (Å²) in [5.74, 6) is 0.165. The molecule has 2 nitrogen and oxygen atoms in total. The standard InChI is InChI=1S/C14H17BrFNO/c1-2-10(8-9-6-7-9)17-14(18)11-4-3-5-12(16)13(11)15/h3-5,9-10H,2,6-8H2,1H3,(H,17,18). The molecule has 1 aliphatic rings. The number of benzene rings is 1. The minimum absolute atomic E-state index is 0.195. The number of nitrogens with one attached hydrogen (secondary N) is 1. The highest BCUT2D eigenvalue weighted by Gasteiger charge is 2.26. The number of hydrogen-bond acceptors (Lipinski definition) is 1. The summed E-state index contributed by atoms with van der Waals surface area (Å²) in [6, 6.07) is 4.71. The molecule has 1 atom stereocenters. The van der Waals surface area contributed by atoms with Crippen molar-refractivity contribution < 1.29 is 9.18 Å². The average molecular weight is 314 g/mol. The summed E-state index contributed by atoms with van der Waals surface area (Å²) in [4.78, 5) is 12.1. The number of carbonyl (C=O) groups is 1. The number of halogens is 2. The second kappa shape index (κ2) is 5.83. The second-order valence-corrected chi connectivity index (χ2v) is 5.65. The molecule has 1 amide bonds. The number of amides is 1. The van der Waals surface area contributed by atoms with Gasteiger partial charge in [-0.05, 0) is 46.8 Å². The molecule has 0 heterocycles. The van der Waals surface area contributed by atoms with E-state index in [1.54, 1.807) is 12.1 Å². The lowest BCUT2D eigenvalue weighted by Crippen LogP contribution is -2.35. The van der Waals surface area contributed by atoms with Gasteiger partial charge in [-0.1, -0.05) is 25.8 Å². The van der Waals surface area contributed by atoms with Gasteiger partial charge in [0.1, 0.15) is 5.82 Å². The van der Waals surface area contributed by atoms with Gasteiger partial charge in [-0.2, -0.15) is 0 Å². The van der Waals surface area contributed by atoms with E-state index in [2.05, 4.69) is 28.2 Å². The molecule has 1 aromatic rings. The second-order valence-electron chi connectivity index (χ2n) is 4.86. The Morgan fingerprint density at radius 1 is 1.56 bits per heavy atom. The van der Waals surface area contributed by atoms with Gasteiger partial charge in [-0.3, -0.25) is 4.79 Å². The van der Waals surface area contributed by atoms with Crippen molar-refractivity contribution in [1.29, 1.82) is 0 Å². The van der Waals surface area contributed by atoms with E-state index in [4.69, 9.17) is 0 Å². The fourth-order valence-corrected chi connectivity index (χ4v) is 2.47. The van der Waals surface area contributed by atoms with Gasteiger partial charge < -0.3 is 5.32 Å². The van der Waals surface area contributed by atoms with Gasteiger partial charge in [0, 0.05) is 6.04 Å². The fraction of sp³-hybridized carbons (Fsp3) is 0.500. The van der Waals surface area contributed by atoms with Gasteiger partial charge in [0.15, 0.2) is 0 Å². The highest BCUT2D eigenvalue weighted by Crippen LogP contribution is 2.34. The number of rotatable bonds is 5. The third kappa shape index (κ3) is 3.31. The Balaban J connectivity index is 2.03. The summed E-state index contributed by atoms with van der Waals surface area (Å²) in [5.41, 5.74) is 0.365. The maximum atomic E-state index is 13.4. The van der Waals surface area contributed by atoms with Crippen molar-refractivity contribution >= 4 is 21.8 Å². The topological polar surface area (TPSA) is 29.1 Å². The molecule has 1 saturated carbocycles. The van der Waals surface area contributed by atoms with Crippen molar-refractivity contribution in [3.05, 3.63) is 34.1 Å². The van der Waals surface area contributed by atoms with Crippen LogP contribution in [0.15, 0.2) is 22.7 Å². The van der Waals surface area contributed by atoms with Gasteiger partial charge >= 0.3 is 0 Å². The van der Waals surface area contributed by atoms with Gasteiger partial charge in [0.25, 0.3) is 5.91 Å². The lowest BCUT2D eigenvalue weighted by molar-refractivity contribution is 0.0931. The van der Waals surface area contributed by atoms with E-state index in [-0.39, 0.29) is 16.4 Å². The van der Waals surface area contributed by atoms with Crippen LogP contribution in [0.5, 0.6) is 0 Å². The van der Waals surface area contributed by atoms with Crippen LogP contribution in [0.2, 0.25) is 0 Å². The molecule has 2 rings (SSSR count). The molecule has 18 heavy (non-hydrogen) atoms. The Morgan fingerprint density at radius 2 is 2.28 bits per heavy atom. The van der Waals surface area contributed by atoms with E-state index in [1.807, 2.05) is 0 Å². The Hall–Kier alpha value is -0.900. The molecule has 0 bridgehead atoms. The number of carbonyl (C=O) groups excluding carboxylic acids is 1. The molecule has 0 radical (unpaired) electrons. The van der Waals surface area contributed by atoms with E-state index in [0.717, 1.165) is 18.8 Å². The molecular formula is C14H17BrFNO. The average Bonchev–Trinajstić information content (AvgIpc) is 3.15. The highest BCUT2D eigenvalue weighted by atomic mass is 79.9. The molecular weight excluding hydrogens is 297 g/mol. The summed E-state index contributed by atoms with van der Waals surface area (Å²) in [6.45, 7) is 2.06. The number of hydrogen-bond donors (Lipinski definition) is 1. The van der Waals surface area contributed by atoms with E-state index in [9.17, 15) is 9.18 Å². The molecule has 1 N–H and O–H groups in total. The largest absolute Gasteiger partial charge is 0.349 e. The first-order chi connectivity index (χ1) is 8.61. The van der Waals surface area contributed by atoms with Gasteiger partial charge in [-0.15, -0.1) is 0 Å². The van der Waals surface area contributed by atoms with Crippen LogP contribution < -0.4 is 5.32 Å². The molecule has 0 spiro atoms. The Labute approximate surface area is 115 Å². The maximum Gasteiger partial charge on any atom is 0.252 e. The van der Waals surface area contributed by atoms with Crippen molar-refractivity contribution in [2.24, 2.45) is 5.92 Å². The Kier molecular flexibility index (Phi) is 4.38. The van der Waals surface area contributed by atoms with Crippen molar-refractivity contribution in [2.75, 3.05) is 0 Å². The monoisotopic (exact) mass is 313 g/mol. The molecule has 1 aliphatic carbocycles. The van der Waals surface area contributed by atoms with E-state index >= 15 is 0 Å². The maximum absolute atomic E-state index is 13.4. The lowest BCUT2D eigenvalue weighted by atomic mass is 10.1. The van der Waals surface area contributed by atoms with Crippen LogP contribution in [0.4, 0.5) is 4.39 Å². The van der Waals surface area contributed by atoms with Crippen LogP contribution >= 0.6 is 15.9 Å². The van der Waals surface area contributed by atoms with Crippen molar-refractivity contribution in [3.63, 3.8) is 0 Å². The van der Waals surface area contributed by atoms with Crippen LogP contribution in [0.3, 0.4) is 0 Å². The molecule has 0 aliphatic heterocycles. The third-order valence-electron chi connectivity index (χ3n) is 3.34. The van der Waals surface area contributed by atoms with Crippen LogP contribution in [0.1, 0.15) is 43.0 Å². The minimum atomic E-state index is -0.405. The summed E-state index contributed by atoms with van der Waals surface area (Å²) < 4.78 is 13.6. The molecule has 0 aromatic heterocycles. The third-order valence-corrected chi connectivity index (χ3v) is 4.14. The SMILES string of the molecule is CCC(CC1CC1)NC(=O)c1cccc(F)c1Br. The summed E-state index contributed by atoms with van der Waals surface area (Å²) in [7, 11) is 0. The minimum Gasteiger partial charge on any atom is -0.349 e. The van der Waals surface area contributed by atoms with Crippen LogP contribution in [-0.4, -0.2) is 11.9 Å². The van der Waals surface area contributed by atoms with Gasteiger partial charge in [-0.25, -0.2) is 4.39 Å². The zero-order chi connectivity index (χ0) is 13.1.